The minimum absolute atomic E-state index is 0.0167. The van der Waals surface area contributed by atoms with E-state index in [1.54, 1.807) is 25.4 Å². The van der Waals surface area contributed by atoms with Crippen molar-refractivity contribution in [2.75, 3.05) is 18.6 Å². The maximum Gasteiger partial charge on any atom is 0.260 e. The van der Waals surface area contributed by atoms with Crippen molar-refractivity contribution in [3.8, 4) is 0 Å². The summed E-state index contributed by atoms with van der Waals surface area (Å²) >= 11 is 2.54. The number of thioether (sulfide) groups is 1. The molecular formula is C14H17N3O4S3. The minimum atomic E-state index is -3.04. The zero-order valence-electron chi connectivity index (χ0n) is 13.2. The first-order valence-electron chi connectivity index (χ1n) is 7.38. The van der Waals surface area contributed by atoms with Gasteiger partial charge >= 0.3 is 0 Å². The van der Waals surface area contributed by atoms with Crippen molar-refractivity contribution in [2.45, 2.75) is 29.8 Å². The summed E-state index contributed by atoms with van der Waals surface area (Å²) < 4.78 is 23.1. The summed E-state index contributed by atoms with van der Waals surface area (Å²) in [7, 11) is -1.41. The lowest BCUT2D eigenvalue weighted by Gasteiger charge is -2.26. The standard InChI is InChI=1S/C14H17N3O4S3/c1-8(13(19)17(2)9-4-6-24(20,21)7-9)23-14-15-11(18)10-3-5-22-12(10)16-14/h3,5,8-9H,4,6-7H2,1-2H3,(H,15,16,18). The smallest absolute Gasteiger partial charge is 0.260 e. The number of aromatic amines is 1. The van der Waals surface area contributed by atoms with Crippen LogP contribution in [0.25, 0.3) is 10.2 Å². The van der Waals surface area contributed by atoms with Gasteiger partial charge in [-0.2, -0.15) is 0 Å². The maximum atomic E-state index is 12.5. The van der Waals surface area contributed by atoms with Crippen molar-refractivity contribution in [1.29, 1.82) is 0 Å². The molecule has 0 saturated carbocycles. The molecule has 2 aromatic rings. The van der Waals surface area contributed by atoms with Crippen LogP contribution in [0.2, 0.25) is 0 Å². The number of fused-ring (bicyclic) bond motifs is 1. The van der Waals surface area contributed by atoms with Crippen LogP contribution in [0.5, 0.6) is 0 Å². The second-order valence-corrected chi connectivity index (χ2v) is 10.2. The average Bonchev–Trinajstić information content (AvgIpc) is 3.12. The third-order valence-electron chi connectivity index (χ3n) is 4.05. The molecule has 1 N–H and O–H groups in total. The summed E-state index contributed by atoms with van der Waals surface area (Å²) in [5.41, 5.74) is -0.223. The Balaban J connectivity index is 1.72. The molecule has 0 radical (unpaired) electrons. The van der Waals surface area contributed by atoms with E-state index in [1.165, 1.54) is 28.0 Å². The van der Waals surface area contributed by atoms with E-state index in [-0.39, 0.29) is 29.0 Å². The maximum absolute atomic E-state index is 12.5. The lowest BCUT2D eigenvalue weighted by atomic mass is 10.2. The Hall–Kier alpha value is -1.39. The molecule has 10 heteroatoms. The highest BCUT2D eigenvalue weighted by Crippen LogP contribution is 2.25. The van der Waals surface area contributed by atoms with Crippen LogP contribution in [0.3, 0.4) is 0 Å². The van der Waals surface area contributed by atoms with Crippen molar-refractivity contribution in [1.82, 2.24) is 14.9 Å². The van der Waals surface area contributed by atoms with Crippen molar-refractivity contribution in [2.24, 2.45) is 0 Å². The molecule has 130 valence electrons. The Morgan fingerprint density at radius 2 is 2.29 bits per heavy atom. The lowest BCUT2D eigenvalue weighted by molar-refractivity contribution is -0.130. The first-order valence-corrected chi connectivity index (χ1v) is 11.0. The monoisotopic (exact) mass is 387 g/mol. The van der Waals surface area contributed by atoms with Crippen LogP contribution >= 0.6 is 23.1 Å². The quantitative estimate of drug-likeness (QED) is 0.623. The fourth-order valence-electron chi connectivity index (χ4n) is 2.67. The van der Waals surface area contributed by atoms with E-state index in [0.29, 0.717) is 21.8 Å². The highest BCUT2D eigenvalue weighted by atomic mass is 32.2. The molecule has 1 saturated heterocycles. The summed E-state index contributed by atoms with van der Waals surface area (Å²) in [6.07, 6.45) is 0.470. The fourth-order valence-corrected chi connectivity index (χ4v) is 6.16. The number of carbonyl (C=O) groups excluding carboxylic acids is 1. The molecule has 1 fully saturated rings. The average molecular weight is 388 g/mol. The number of amides is 1. The Morgan fingerprint density at radius 3 is 2.96 bits per heavy atom. The van der Waals surface area contributed by atoms with Gasteiger partial charge < -0.3 is 9.88 Å². The van der Waals surface area contributed by atoms with E-state index in [4.69, 9.17) is 0 Å². The largest absolute Gasteiger partial charge is 0.341 e. The number of H-pyrrole nitrogens is 1. The van der Waals surface area contributed by atoms with E-state index < -0.39 is 15.1 Å². The van der Waals surface area contributed by atoms with E-state index in [0.717, 1.165) is 0 Å². The van der Waals surface area contributed by atoms with Crippen LogP contribution in [-0.4, -0.2) is 59.0 Å². The fraction of sp³-hybridized carbons (Fsp3) is 0.500. The molecule has 7 nitrogen and oxygen atoms in total. The van der Waals surface area contributed by atoms with Gasteiger partial charge in [-0.1, -0.05) is 11.8 Å². The molecule has 1 aliphatic rings. The van der Waals surface area contributed by atoms with Gasteiger partial charge in [0.05, 0.1) is 22.1 Å². The van der Waals surface area contributed by atoms with Gasteiger partial charge in [-0.3, -0.25) is 9.59 Å². The van der Waals surface area contributed by atoms with Gasteiger partial charge in [-0.15, -0.1) is 11.3 Å². The van der Waals surface area contributed by atoms with Gasteiger partial charge in [0.2, 0.25) is 5.91 Å². The molecule has 3 heterocycles. The van der Waals surface area contributed by atoms with Crippen molar-refractivity contribution >= 4 is 49.1 Å². The minimum Gasteiger partial charge on any atom is -0.341 e. The zero-order valence-corrected chi connectivity index (χ0v) is 15.6. The SMILES string of the molecule is CC(Sc1nc2sccc2c(=O)[nH]1)C(=O)N(C)C1CCS(=O)(=O)C1. The molecule has 0 bridgehead atoms. The summed E-state index contributed by atoms with van der Waals surface area (Å²) in [5.74, 6) is -0.0279. The molecule has 1 amide bonds. The lowest BCUT2D eigenvalue weighted by Crippen LogP contribution is -2.41. The Kier molecular flexibility index (Phi) is 4.71. The highest BCUT2D eigenvalue weighted by Gasteiger charge is 2.34. The second kappa shape index (κ2) is 6.49. The molecule has 24 heavy (non-hydrogen) atoms. The van der Waals surface area contributed by atoms with Gasteiger partial charge in [-0.05, 0) is 24.8 Å². The number of hydrogen-bond donors (Lipinski definition) is 1. The molecule has 1 aliphatic heterocycles. The third-order valence-corrected chi connectivity index (χ3v) is 7.58. The van der Waals surface area contributed by atoms with Crippen LogP contribution in [0.4, 0.5) is 0 Å². The summed E-state index contributed by atoms with van der Waals surface area (Å²) in [5, 5.41) is 2.25. The molecular weight excluding hydrogens is 370 g/mol. The second-order valence-electron chi connectivity index (χ2n) is 5.78. The van der Waals surface area contributed by atoms with Crippen LogP contribution in [0.15, 0.2) is 21.4 Å². The van der Waals surface area contributed by atoms with Crippen molar-refractivity contribution in [3.05, 3.63) is 21.8 Å². The molecule has 3 rings (SSSR count). The van der Waals surface area contributed by atoms with E-state index in [9.17, 15) is 18.0 Å². The molecule has 2 atom stereocenters. The number of aromatic nitrogens is 2. The number of sulfone groups is 1. The van der Waals surface area contributed by atoms with Gasteiger partial charge in [0.15, 0.2) is 15.0 Å². The van der Waals surface area contributed by atoms with Crippen LogP contribution in [0, 0.1) is 0 Å². The molecule has 2 unspecified atom stereocenters. The molecule has 2 aromatic heterocycles. The molecule has 0 aromatic carbocycles. The summed E-state index contributed by atoms with van der Waals surface area (Å²) in [4.78, 5) is 33.7. The number of thiophene rings is 1. The Morgan fingerprint density at radius 1 is 1.54 bits per heavy atom. The van der Waals surface area contributed by atoms with Gasteiger partial charge in [0, 0.05) is 13.1 Å². The van der Waals surface area contributed by atoms with Gasteiger partial charge in [0.1, 0.15) is 4.83 Å². The molecule has 0 spiro atoms. The van der Waals surface area contributed by atoms with Gasteiger partial charge in [-0.25, -0.2) is 13.4 Å². The zero-order chi connectivity index (χ0) is 17.5. The van der Waals surface area contributed by atoms with E-state index >= 15 is 0 Å². The number of carbonyl (C=O) groups is 1. The van der Waals surface area contributed by atoms with Gasteiger partial charge in [0.25, 0.3) is 5.56 Å². The normalized spacial score (nSPS) is 21.0. The predicted molar refractivity (Wildman–Crippen MR) is 95.4 cm³/mol. The number of hydrogen-bond acceptors (Lipinski definition) is 7. The first-order chi connectivity index (χ1) is 11.3. The number of nitrogens with one attached hydrogen (secondary N) is 1. The van der Waals surface area contributed by atoms with Crippen LogP contribution in [0.1, 0.15) is 13.3 Å². The van der Waals surface area contributed by atoms with Crippen LogP contribution < -0.4 is 5.56 Å². The Labute approximate surface area is 147 Å². The molecule has 0 aliphatic carbocycles. The van der Waals surface area contributed by atoms with Crippen molar-refractivity contribution < 1.29 is 13.2 Å². The topological polar surface area (TPSA) is 100 Å². The van der Waals surface area contributed by atoms with Crippen LogP contribution in [-0.2, 0) is 14.6 Å². The van der Waals surface area contributed by atoms with E-state index in [1.807, 2.05) is 0 Å². The predicted octanol–water partition coefficient (Wildman–Crippen LogP) is 1.11. The Bertz CT molecular complexity index is 934. The number of rotatable bonds is 4. The highest BCUT2D eigenvalue weighted by molar-refractivity contribution is 8.00. The summed E-state index contributed by atoms with van der Waals surface area (Å²) in [6.45, 7) is 1.73. The number of nitrogens with zero attached hydrogens (tertiary/aromatic N) is 2. The van der Waals surface area contributed by atoms with Crippen molar-refractivity contribution in [3.63, 3.8) is 0 Å². The summed E-state index contributed by atoms with van der Waals surface area (Å²) in [6, 6.07) is 1.43. The van der Waals surface area contributed by atoms with E-state index in [2.05, 4.69) is 9.97 Å². The third kappa shape index (κ3) is 3.50. The first kappa shape index (κ1) is 17.4.